The predicted octanol–water partition coefficient (Wildman–Crippen LogP) is 1.86. The highest BCUT2D eigenvalue weighted by molar-refractivity contribution is 5.53. The van der Waals surface area contributed by atoms with Gasteiger partial charge in [-0.1, -0.05) is 0 Å². The van der Waals surface area contributed by atoms with Crippen molar-refractivity contribution < 1.29 is 14.6 Å². The van der Waals surface area contributed by atoms with E-state index < -0.39 is 0 Å². The second kappa shape index (κ2) is 5.03. The van der Waals surface area contributed by atoms with Gasteiger partial charge in [0.25, 0.3) is 0 Å². The highest BCUT2D eigenvalue weighted by Gasteiger charge is 2.13. The van der Waals surface area contributed by atoms with E-state index in [0.29, 0.717) is 6.42 Å². The average molecular weight is 210 g/mol. The Kier molecular flexibility index (Phi) is 3.97. The van der Waals surface area contributed by atoms with Crippen molar-refractivity contribution in [1.29, 1.82) is 0 Å². The second-order valence-electron chi connectivity index (χ2n) is 3.49. The molecule has 3 nitrogen and oxygen atoms in total. The molecular formula is C12H18O3. The van der Waals surface area contributed by atoms with Crippen LogP contribution in [0.3, 0.4) is 0 Å². The van der Waals surface area contributed by atoms with Gasteiger partial charge in [0.15, 0.2) is 11.5 Å². The lowest BCUT2D eigenvalue weighted by atomic mass is 9.99. The monoisotopic (exact) mass is 210 g/mol. The summed E-state index contributed by atoms with van der Waals surface area (Å²) in [7, 11) is 3.26. The van der Waals surface area contributed by atoms with E-state index in [1.54, 1.807) is 14.2 Å². The minimum atomic E-state index is 0.149. The fourth-order valence-electron chi connectivity index (χ4n) is 1.71. The molecule has 0 amide bonds. The van der Waals surface area contributed by atoms with Gasteiger partial charge in [0.2, 0.25) is 0 Å². The summed E-state index contributed by atoms with van der Waals surface area (Å²) in [5.41, 5.74) is 3.33. The van der Waals surface area contributed by atoms with E-state index in [9.17, 15) is 0 Å². The van der Waals surface area contributed by atoms with Crippen molar-refractivity contribution in [1.82, 2.24) is 0 Å². The van der Waals surface area contributed by atoms with Gasteiger partial charge < -0.3 is 14.6 Å². The van der Waals surface area contributed by atoms with Crippen LogP contribution in [0, 0.1) is 13.8 Å². The van der Waals surface area contributed by atoms with E-state index in [0.717, 1.165) is 28.2 Å². The molecule has 1 aromatic rings. The Labute approximate surface area is 90.6 Å². The zero-order chi connectivity index (χ0) is 11.4. The molecule has 0 fully saturated rings. The van der Waals surface area contributed by atoms with Crippen molar-refractivity contribution in [2.24, 2.45) is 0 Å². The zero-order valence-electron chi connectivity index (χ0n) is 9.76. The summed E-state index contributed by atoms with van der Waals surface area (Å²) < 4.78 is 10.5. The highest BCUT2D eigenvalue weighted by atomic mass is 16.5. The van der Waals surface area contributed by atoms with Crippen molar-refractivity contribution in [3.63, 3.8) is 0 Å². The maximum atomic E-state index is 8.95. The molecule has 1 aromatic carbocycles. The van der Waals surface area contributed by atoms with Gasteiger partial charge in [-0.3, -0.25) is 0 Å². The smallest absolute Gasteiger partial charge is 0.163 e. The molecule has 0 radical (unpaired) electrons. The molecule has 1 N–H and O–H groups in total. The van der Waals surface area contributed by atoms with Crippen LogP contribution in [0.15, 0.2) is 6.07 Å². The van der Waals surface area contributed by atoms with Crippen molar-refractivity contribution in [2.75, 3.05) is 20.8 Å². The van der Waals surface area contributed by atoms with Crippen molar-refractivity contribution >= 4 is 0 Å². The van der Waals surface area contributed by atoms with Gasteiger partial charge in [0.05, 0.1) is 14.2 Å². The molecule has 15 heavy (non-hydrogen) atoms. The first-order valence-corrected chi connectivity index (χ1v) is 4.97. The summed E-state index contributed by atoms with van der Waals surface area (Å²) in [5, 5.41) is 8.95. The molecule has 0 aliphatic carbocycles. The molecule has 0 saturated carbocycles. The Morgan fingerprint density at radius 2 is 1.80 bits per heavy atom. The molecule has 3 heteroatoms. The Hall–Kier alpha value is -1.22. The lowest BCUT2D eigenvalue weighted by Gasteiger charge is -2.16. The highest BCUT2D eigenvalue weighted by Crippen LogP contribution is 2.35. The minimum absolute atomic E-state index is 0.149. The molecular weight excluding hydrogens is 192 g/mol. The van der Waals surface area contributed by atoms with E-state index in [4.69, 9.17) is 14.6 Å². The van der Waals surface area contributed by atoms with Gasteiger partial charge >= 0.3 is 0 Å². The molecule has 0 aromatic heterocycles. The van der Waals surface area contributed by atoms with Gasteiger partial charge in [-0.15, -0.1) is 0 Å². The minimum Gasteiger partial charge on any atom is -0.493 e. The quantitative estimate of drug-likeness (QED) is 0.824. The zero-order valence-corrected chi connectivity index (χ0v) is 9.76. The Morgan fingerprint density at radius 3 is 2.27 bits per heavy atom. The van der Waals surface area contributed by atoms with Crippen LogP contribution in [0.2, 0.25) is 0 Å². The van der Waals surface area contributed by atoms with Crippen molar-refractivity contribution in [2.45, 2.75) is 20.3 Å². The first-order valence-electron chi connectivity index (χ1n) is 4.97. The van der Waals surface area contributed by atoms with Crippen LogP contribution in [0.1, 0.15) is 16.7 Å². The second-order valence-corrected chi connectivity index (χ2v) is 3.49. The molecule has 0 unspecified atom stereocenters. The summed E-state index contributed by atoms with van der Waals surface area (Å²) in [4.78, 5) is 0. The molecule has 0 bridgehead atoms. The molecule has 0 aliphatic heterocycles. The molecule has 84 valence electrons. The summed E-state index contributed by atoms with van der Waals surface area (Å²) >= 11 is 0. The van der Waals surface area contributed by atoms with Gasteiger partial charge in [-0.25, -0.2) is 0 Å². The fraction of sp³-hybridized carbons (Fsp3) is 0.500. The lowest BCUT2D eigenvalue weighted by Crippen LogP contribution is -2.01. The maximum absolute atomic E-state index is 8.95. The van der Waals surface area contributed by atoms with E-state index in [-0.39, 0.29) is 6.61 Å². The third kappa shape index (κ3) is 2.23. The summed E-state index contributed by atoms with van der Waals surface area (Å²) in [6.45, 7) is 4.18. The van der Waals surface area contributed by atoms with Gasteiger partial charge in [0.1, 0.15) is 0 Å². The molecule has 0 aliphatic rings. The molecule has 0 atom stereocenters. The van der Waals surface area contributed by atoms with Gasteiger partial charge in [-0.2, -0.15) is 0 Å². The van der Waals surface area contributed by atoms with Crippen LogP contribution in [0.4, 0.5) is 0 Å². The molecule has 1 rings (SSSR count). The molecule has 0 saturated heterocycles. The molecule has 0 heterocycles. The first-order chi connectivity index (χ1) is 7.15. The normalized spacial score (nSPS) is 10.2. The standard InChI is InChI=1S/C12H18O3/c1-8-9(2)12(15-4)11(14-3)7-10(8)5-6-13/h7,13H,5-6H2,1-4H3. The maximum Gasteiger partial charge on any atom is 0.163 e. The van der Waals surface area contributed by atoms with Crippen molar-refractivity contribution in [3.8, 4) is 11.5 Å². The Balaban J connectivity index is 3.29. The Morgan fingerprint density at radius 1 is 1.13 bits per heavy atom. The number of rotatable bonds is 4. The fourth-order valence-corrected chi connectivity index (χ4v) is 1.71. The molecule has 0 spiro atoms. The van der Waals surface area contributed by atoms with E-state index in [1.165, 1.54) is 0 Å². The number of aliphatic hydroxyl groups excluding tert-OH is 1. The van der Waals surface area contributed by atoms with Crippen LogP contribution in [-0.2, 0) is 6.42 Å². The van der Waals surface area contributed by atoms with Crippen LogP contribution >= 0.6 is 0 Å². The summed E-state index contributed by atoms with van der Waals surface area (Å²) in [5.74, 6) is 1.50. The van der Waals surface area contributed by atoms with Crippen LogP contribution in [0.5, 0.6) is 11.5 Å². The van der Waals surface area contributed by atoms with Crippen LogP contribution in [-0.4, -0.2) is 25.9 Å². The van der Waals surface area contributed by atoms with E-state index in [1.807, 2.05) is 19.9 Å². The van der Waals surface area contributed by atoms with E-state index >= 15 is 0 Å². The third-order valence-corrected chi connectivity index (χ3v) is 2.72. The van der Waals surface area contributed by atoms with E-state index in [2.05, 4.69) is 0 Å². The summed E-state index contributed by atoms with van der Waals surface area (Å²) in [6.07, 6.45) is 0.646. The SMILES string of the molecule is COc1cc(CCO)c(C)c(C)c1OC. The lowest BCUT2D eigenvalue weighted by molar-refractivity contribution is 0.298. The van der Waals surface area contributed by atoms with Crippen LogP contribution < -0.4 is 9.47 Å². The topological polar surface area (TPSA) is 38.7 Å². The van der Waals surface area contributed by atoms with Crippen LogP contribution in [0.25, 0.3) is 0 Å². The average Bonchev–Trinajstić information content (AvgIpc) is 2.24. The van der Waals surface area contributed by atoms with Gasteiger partial charge in [0, 0.05) is 6.61 Å². The first kappa shape index (κ1) is 11.9. The number of hydrogen-bond donors (Lipinski definition) is 1. The Bertz CT molecular complexity index is 345. The number of methoxy groups -OCH3 is 2. The largest absolute Gasteiger partial charge is 0.493 e. The van der Waals surface area contributed by atoms with Gasteiger partial charge in [-0.05, 0) is 43.0 Å². The predicted molar refractivity (Wildman–Crippen MR) is 59.8 cm³/mol. The summed E-state index contributed by atoms with van der Waals surface area (Å²) in [6, 6.07) is 1.93. The third-order valence-electron chi connectivity index (χ3n) is 2.72. The van der Waals surface area contributed by atoms with Crippen molar-refractivity contribution in [3.05, 3.63) is 22.8 Å². The number of aliphatic hydroxyl groups is 1. The number of benzene rings is 1. The number of ether oxygens (including phenoxy) is 2. The number of hydrogen-bond acceptors (Lipinski definition) is 3.